The molecule has 3 aromatic rings. The zero-order chi connectivity index (χ0) is 21.1. The molecule has 2 heterocycles. The maximum Gasteiger partial charge on any atom is 0.267 e. The van der Waals surface area contributed by atoms with Gasteiger partial charge in [-0.3, -0.25) is 9.59 Å². The highest BCUT2D eigenvalue weighted by atomic mass is 16.5. The van der Waals surface area contributed by atoms with E-state index in [0.29, 0.717) is 24.6 Å². The number of aromatic nitrogens is 1. The SMILES string of the molecule is COCCn1ccc2ccc(NC(=O)CCN3C(=O)[C@@H](C)Oc4ccccc43)cc21. The van der Waals surface area contributed by atoms with E-state index < -0.39 is 6.10 Å². The first-order chi connectivity index (χ1) is 14.6. The molecule has 1 N–H and O–H groups in total. The van der Waals surface area contributed by atoms with Crippen LogP contribution in [0.2, 0.25) is 0 Å². The molecule has 2 amide bonds. The second-order valence-corrected chi connectivity index (χ2v) is 7.29. The van der Waals surface area contributed by atoms with Gasteiger partial charge < -0.3 is 24.3 Å². The Balaban J connectivity index is 1.43. The zero-order valence-corrected chi connectivity index (χ0v) is 17.1. The fourth-order valence-electron chi connectivity index (χ4n) is 3.67. The number of methoxy groups -OCH3 is 1. The van der Waals surface area contributed by atoms with Crippen molar-refractivity contribution >= 4 is 34.1 Å². The molecule has 1 aliphatic heterocycles. The van der Waals surface area contributed by atoms with E-state index in [1.54, 1.807) is 18.9 Å². The monoisotopic (exact) mass is 407 g/mol. The molecule has 4 rings (SSSR count). The van der Waals surface area contributed by atoms with Crippen molar-refractivity contribution in [2.75, 3.05) is 30.5 Å². The number of nitrogens with one attached hydrogen (secondary N) is 1. The van der Waals surface area contributed by atoms with Gasteiger partial charge in [-0.1, -0.05) is 18.2 Å². The van der Waals surface area contributed by atoms with Crippen LogP contribution in [-0.2, 0) is 20.9 Å². The van der Waals surface area contributed by atoms with E-state index in [9.17, 15) is 9.59 Å². The molecule has 1 aliphatic rings. The molecule has 2 aromatic carbocycles. The van der Waals surface area contributed by atoms with Crippen LogP contribution in [0, 0.1) is 0 Å². The standard InChI is InChI=1S/C23H25N3O4/c1-16-23(28)26(19-5-3-4-6-21(19)30-16)12-10-22(27)24-18-8-7-17-9-11-25(13-14-29-2)20(17)15-18/h3-9,11,15-16H,10,12-14H2,1-2H3,(H,24,27)/t16-/m1/s1. The molecule has 0 saturated heterocycles. The lowest BCUT2D eigenvalue weighted by Gasteiger charge is -2.32. The number of amides is 2. The van der Waals surface area contributed by atoms with Gasteiger partial charge in [-0.2, -0.15) is 0 Å². The topological polar surface area (TPSA) is 72.8 Å². The summed E-state index contributed by atoms with van der Waals surface area (Å²) in [5, 5.41) is 4.05. The summed E-state index contributed by atoms with van der Waals surface area (Å²) < 4.78 is 12.9. The molecule has 30 heavy (non-hydrogen) atoms. The van der Waals surface area contributed by atoms with Crippen LogP contribution < -0.4 is 15.0 Å². The molecular weight excluding hydrogens is 382 g/mol. The highest BCUT2D eigenvalue weighted by Crippen LogP contribution is 2.33. The maximum atomic E-state index is 12.6. The van der Waals surface area contributed by atoms with Gasteiger partial charge in [-0.15, -0.1) is 0 Å². The molecule has 7 nitrogen and oxygen atoms in total. The van der Waals surface area contributed by atoms with Gasteiger partial charge in [-0.25, -0.2) is 0 Å². The van der Waals surface area contributed by atoms with Crippen molar-refractivity contribution in [2.45, 2.75) is 26.0 Å². The fourth-order valence-corrected chi connectivity index (χ4v) is 3.67. The lowest BCUT2D eigenvalue weighted by molar-refractivity contribution is -0.125. The highest BCUT2D eigenvalue weighted by Gasteiger charge is 2.31. The molecule has 0 saturated carbocycles. The molecule has 7 heteroatoms. The Bertz CT molecular complexity index is 1080. The minimum Gasteiger partial charge on any atom is -0.479 e. The number of anilines is 2. The molecular formula is C23H25N3O4. The fraction of sp³-hybridized carbons (Fsp3) is 0.304. The Hall–Kier alpha value is -3.32. The molecule has 0 aliphatic carbocycles. The third-order valence-electron chi connectivity index (χ3n) is 5.23. The first-order valence-electron chi connectivity index (χ1n) is 10.0. The van der Waals surface area contributed by atoms with E-state index in [2.05, 4.69) is 9.88 Å². The van der Waals surface area contributed by atoms with Crippen molar-refractivity contribution in [3.05, 3.63) is 54.7 Å². The van der Waals surface area contributed by atoms with Crippen LogP contribution in [-0.4, -0.2) is 42.7 Å². The van der Waals surface area contributed by atoms with Gasteiger partial charge in [0.15, 0.2) is 6.10 Å². The first-order valence-corrected chi connectivity index (χ1v) is 10.0. The predicted octanol–water partition coefficient (Wildman–Crippen LogP) is 3.43. The molecule has 156 valence electrons. The van der Waals surface area contributed by atoms with Crippen LogP contribution in [0.5, 0.6) is 5.75 Å². The number of rotatable bonds is 7. The van der Waals surface area contributed by atoms with Crippen molar-refractivity contribution in [2.24, 2.45) is 0 Å². The summed E-state index contributed by atoms with van der Waals surface area (Å²) in [6.45, 7) is 3.38. The summed E-state index contributed by atoms with van der Waals surface area (Å²) >= 11 is 0. The summed E-state index contributed by atoms with van der Waals surface area (Å²) in [6, 6.07) is 15.3. The van der Waals surface area contributed by atoms with Crippen LogP contribution in [0.3, 0.4) is 0 Å². The molecule has 0 spiro atoms. The lowest BCUT2D eigenvalue weighted by atomic mass is 10.1. The highest BCUT2D eigenvalue weighted by molar-refractivity contribution is 6.01. The van der Waals surface area contributed by atoms with Crippen molar-refractivity contribution in [3.63, 3.8) is 0 Å². The molecule has 1 aromatic heterocycles. The summed E-state index contributed by atoms with van der Waals surface area (Å²) in [5.74, 6) is 0.375. The third kappa shape index (κ3) is 4.02. The van der Waals surface area contributed by atoms with Crippen molar-refractivity contribution in [3.8, 4) is 5.75 Å². The predicted molar refractivity (Wildman–Crippen MR) is 116 cm³/mol. The number of hydrogen-bond acceptors (Lipinski definition) is 4. The number of fused-ring (bicyclic) bond motifs is 2. The van der Waals surface area contributed by atoms with E-state index in [-0.39, 0.29) is 18.2 Å². The van der Waals surface area contributed by atoms with Gasteiger partial charge in [0.05, 0.1) is 17.8 Å². The smallest absolute Gasteiger partial charge is 0.267 e. The van der Waals surface area contributed by atoms with Gasteiger partial charge in [0.25, 0.3) is 5.91 Å². The lowest BCUT2D eigenvalue weighted by Crippen LogP contribution is -2.45. The number of para-hydroxylation sites is 2. The van der Waals surface area contributed by atoms with E-state index >= 15 is 0 Å². The molecule has 0 fully saturated rings. The minimum atomic E-state index is -0.565. The van der Waals surface area contributed by atoms with Gasteiger partial charge >= 0.3 is 0 Å². The van der Waals surface area contributed by atoms with E-state index in [1.807, 2.05) is 54.7 Å². The van der Waals surface area contributed by atoms with Gasteiger partial charge in [-0.05, 0) is 42.6 Å². The van der Waals surface area contributed by atoms with E-state index in [4.69, 9.17) is 9.47 Å². The molecule has 1 atom stereocenters. The summed E-state index contributed by atoms with van der Waals surface area (Å²) in [6.07, 6.45) is 1.64. The Morgan fingerprint density at radius 2 is 2.00 bits per heavy atom. The first kappa shape index (κ1) is 20.0. The second-order valence-electron chi connectivity index (χ2n) is 7.29. The van der Waals surface area contributed by atoms with Crippen molar-refractivity contribution < 1.29 is 19.1 Å². The zero-order valence-electron chi connectivity index (χ0n) is 17.1. The number of carbonyl (C=O) groups excluding carboxylic acids is 2. The average Bonchev–Trinajstić information content (AvgIpc) is 3.15. The normalized spacial score (nSPS) is 15.7. The van der Waals surface area contributed by atoms with Crippen LogP contribution in [0.1, 0.15) is 13.3 Å². The van der Waals surface area contributed by atoms with Gasteiger partial charge in [0.1, 0.15) is 5.75 Å². The largest absolute Gasteiger partial charge is 0.479 e. The maximum absolute atomic E-state index is 12.6. The Morgan fingerprint density at radius 3 is 2.83 bits per heavy atom. The van der Waals surface area contributed by atoms with Crippen molar-refractivity contribution in [1.82, 2.24) is 4.57 Å². The Kier molecular flexibility index (Phi) is 5.72. The molecule has 0 unspecified atom stereocenters. The van der Waals surface area contributed by atoms with Crippen LogP contribution in [0.4, 0.5) is 11.4 Å². The Morgan fingerprint density at radius 1 is 1.17 bits per heavy atom. The number of ether oxygens (including phenoxy) is 2. The number of nitrogens with zero attached hydrogens (tertiary/aromatic N) is 2. The summed E-state index contributed by atoms with van der Waals surface area (Å²) in [4.78, 5) is 26.8. The van der Waals surface area contributed by atoms with Crippen LogP contribution >= 0.6 is 0 Å². The minimum absolute atomic E-state index is 0.140. The average molecular weight is 407 g/mol. The van der Waals surface area contributed by atoms with Crippen LogP contribution in [0.15, 0.2) is 54.7 Å². The van der Waals surface area contributed by atoms with Gasteiger partial charge in [0.2, 0.25) is 5.91 Å². The van der Waals surface area contributed by atoms with E-state index in [0.717, 1.165) is 23.1 Å². The summed E-state index contributed by atoms with van der Waals surface area (Å²) in [5.41, 5.74) is 2.47. The third-order valence-corrected chi connectivity index (χ3v) is 5.23. The van der Waals surface area contributed by atoms with Crippen LogP contribution in [0.25, 0.3) is 10.9 Å². The van der Waals surface area contributed by atoms with Crippen molar-refractivity contribution in [1.29, 1.82) is 0 Å². The number of benzene rings is 2. The molecule has 0 radical (unpaired) electrons. The Labute approximate surface area is 175 Å². The molecule has 0 bridgehead atoms. The number of carbonyl (C=O) groups is 2. The van der Waals surface area contributed by atoms with Gasteiger partial charge in [0, 0.05) is 38.5 Å². The van der Waals surface area contributed by atoms with E-state index in [1.165, 1.54) is 0 Å². The summed E-state index contributed by atoms with van der Waals surface area (Å²) in [7, 11) is 1.68. The second kappa shape index (κ2) is 8.59. The quantitative estimate of drug-likeness (QED) is 0.651. The number of hydrogen-bond donors (Lipinski definition) is 1.